The van der Waals surface area contributed by atoms with E-state index in [1.54, 1.807) is 0 Å². The van der Waals surface area contributed by atoms with E-state index in [2.05, 4.69) is 29.6 Å². The van der Waals surface area contributed by atoms with Crippen molar-refractivity contribution in [3.05, 3.63) is 18.2 Å². The van der Waals surface area contributed by atoms with Crippen molar-refractivity contribution in [2.75, 3.05) is 0 Å². The maximum absolute atomic E-state index is 6.43. The van der Waals surface area contributed by atoms with E-state index < -0.39 is 0 Å². The molecule has 1 atom stereocenters. The Labute approximate surface area is 98.1 Å². The van der Waals surface area contributed by atoms with Crippen LogP contribution in [0.1, 0.15) is 57.8 Å². The van der Waals surface area contributed by atoms with Crippen molar-refractivity contribution in [2.24, 2.45) is 11.1 Å². The molecule has 1 heterocycles. The van der Waals surface area contributed by atoms with Gasteiger partial charge < -0.3 is 10.3 Å². The van der Waals surface area contributed by atoms with E-state index in [4.69, 9.17) is 5.73 Å². The van der Waals surface area contributed by atoms with Gasteiger partial charge in [-0.3, -0.25) is 0 Å². The standard InChI is InChI=1S/C13H23N3/c1-3-9-16-10-8-15-12(16)11(14)13(2)6-4-5-7-13/h8,10-11H,3-7,9,14H2,1-2H3. The Balaban J connectivity index is 2.19. The molecule has 0 spiro atoms. The molecule has 0 aliphatic heterocycles. The molecule has 1 aliphatic carbocycles. The summed E-state index contributed by atoms with van der Waals surface area (Å²) in [6.07, 6.45) is 10.2. The summed E-state index contributed by atoms with van der Waals surface area (Å²) in [5.41, 5.74) is 6.69. The predicted octanol–water partition coefficient (Wildman–Crippen LogP) is 2.87. The molecule has 1 saturated carbocycles. The first-order valence-electron chi connectivity index (χ1n) is 6.44. The van der Waals surface area contributed by atoms with Crippen LogP contribution in [0.2, 0.25) is 0 Å². The fraction of sp³-hybridized carbons (Fsp3) is 0.769. The number of aromatic nitrogens is 2. The van der Waals surface area contributed by atoms with Crippen LogP contribution in [0, 0.1) is 5.41 Å². The largest absolute Gasteiger partial charge is 0.334 e. The molecule has 2 rings (SSSR count). The van der Waals surface area contributed by atoms with E-state index in [0.29, 0.717) is 0 Å². The highest BCUT2D eigenvalue weighted by Crippen LogP contribution is 2.45. The highest BCUT2D eigenvalue weighted by Gasteiger charge is 2.37. The summed E-state index contributed by atoms with van der Waals surface area (Å²) in [6.45, 7) is 5.53. The topological polar surface area (TPSA) is 43.8 Å². The number of aryl methyl sites for hydroxylation is 1. The monoisotopic (exact) mass is 221 g/mol. The molecule has 0 radical (unpaired) electrons. The Bertz CT molecular complexity index is 337. The second kappa shape index (κ2) is 4.58. The lowest BCUT2D eigenvalue weighted by Gasteiger charge is -2.30. The van der Waals surface area contributed by atoms with Gasteiger partial charge in [0.2, 0.25) is 0 Å². The number of nitrogens with two attached hydrogens (primary N) is 1. The van der Waals surface area contributed by atoms with Crippen molar-refractivity contribution in [3.63, 3.8) is 0 Å². The molecule has 1 aliphatic rings. The number of hydrogen-bond acceptors (Lipinski definition) is 2. The molecule has 3 nitrogen and oxygen atoms in total. The summed E-state index contributed by atoms with van der Waals surface area (Å²) in [5.74, 6) is 1.08. The third-order valence-electron chi connectivity index (χ3n) is 3.99. The van der Waals surface area contributed by atoms with Gasteiger partial charge in [0, 0.05) is 18.9 Å². The molecule has 1 aromatic rings. The SMILES string of the molecule is CCCn1ccnc1C(N)C1(C)CCCC1. The van der Waals surface area contributed by atoms with Gasteiger partial charge in [-0.15, -0.1) is 0 Å². The molecular formula is C13H23N3. The molecule has 1 fully saturated rings. The summed E-state index contributed by atoms with van der Waals surface area (Å²) in [7, 11) is 0. The maximum atomic E-state index is 6.43. The zero-order valence-corrected chi connectivity index (χ0v) is 10.4. The van der Waals surface area contributed by atoms with Gasteiger partial charge in [-0.05, 0) is 24.7 Å². The van der Waals surface area contributed by atoms with E-state index in [1.165, 1.54) is 25.7 Å². The Kier molecular flexibility index (Phi) is 3.33. The van der Waals surface area contributed by atoms with Crippen LogP contribution in [0.25, 0.3) is 0 Å². The van der Waals surface area contributed by atoms with Crippen LogP contribution in [-0.4, -0.2) is 9.55 Å². The minimum absolute atomic E-state index is 0.0940. The predicted molar refractivity (Wildman–Crippen MR) is 66.0 cm³/mol. The van der Waals surface area contributed by atoms with Gasteiger partial charge in [0.05, 0.1) is 6.04 Å². The Morgan fingerprint density at radius 1 is 1.50 bits per heavy atom. The molecule has 2 N–H and O–H groups in total. The number of hydrogen-bond donors (Lipinski definition) is 1. The van der Waals surface area contributed by atoms with Gasteiger partial charge in [0.25, 0.3) is 0 Å². The quantitative estimate of drug-likeness (QED) is 0.849. The normalized spacial score (nSPS) is 21.2. The minimum atomic E-state index is 0.0940. The van der Waals surface area contributed by atoms with Gasteiger partial charge in [0.15, 0.2) is 0 Å². The van der Waals surface area contributed by atoms with E-state index >= 15 is 0 Å². The second-order valence-corrected chi connectivity index (χ2v) is 5.32. The van der Waals surface area contributed by atoms with Crippen LogP contribution in [0.5, 0.6) is 0 Å². The van der Waals surface area contributed by atoms with Crippen molar-refractivity contribution in [3.8, 4) is 0 Å². The van der Waals surface area contributed by atoms with Crippen LogP contribution in [0.4, 0.5) is 0 Å². The Morgan fingerprint density at radius 2 is 2.19 bits per heavy atom. The van der Waals surface area contributed by atoms with Crippen LogP contribution < -0.4 is 5.73 Å². The molecular weight excluding hydrogens is 198 g/mol. The third-order valence-corrected chi connectivity index (χ3v) is 3.99. The first kappa shape index (κ1) is 11.6. The highest BCUT2D eigenvalue weighted by atomic mass is 15.1. The molecule has 90 valence electrons. The summed E-state index contributed by atoms with van der Waals surface area (Å²) in [6, 6.07) is 0.0940. The molecule has 0 aromatic carbocycles. The summed E-state index contributed by atoms with van der Waals surface area (Å²) in [4.78, 5) is 4.46. The lowest BCUT2D eigenvalue weighted by molar-refractivity contribution is 0.251. The average molecular weight is 221 g/mol. The molecule has 0 amide bonds. The summed E-state index contributed by atoms with van der Waals surface area (Å²) in [5, 5.41) is 0. The number of rotatable bonds is 4. The molecule has 16 heavy (non-hydrogen) atoms. The second-order valence-electron chi connectivity index (χ2n) is 5.32. The summed E-state index contributed by atoms with van der Waals surface area (Å²) >= 11 is 0. The van der Waals surface area contributed by atoms with Crippen molar-refractivity contribution < 1.29 is 0 Å². The fourth-order valence-corrected chi connectivity index (χ4v) is 2.83. The number of nitrogens with zero attached hydrogens (tertiary/aromatic N) is 2. The van der Waals surface area contributed by atoms with Crippen LogP contribution in [0.15, 0.2) is 12.4 Å². The molecule has 3 heteroatoms. The van der Waals surface area contributed by atoms with E-state index in [1.807, 2.05) is 6.20 Å². The molecule has 1 unspecified atom stereocenters. The lowest BCUT2D eigenvalue weighted by atomic mass is 9.80. The first-order chi connectivity index (χ1) is 7.67. The molecule has 1 aromatic heterocycles. The lowest BCUT2D eigenvalue weighted by Crippen LogP contribution is -2.31. The Hall–Kier alpha value is -0.830. The first-order valence-corrected chi connectivity index (χ1v) is 6.44. The minimum Gasteiger partial charge on any atom is -0.334 e. The summed E-state index contributed by atoms with van der Waals surface area (Å²) < 4.78 is 2.22. The fourth-order valence-electron chi connectivity index (χ4n) is 2.83. The zero-order valence-electron chi connectivity index (χ0n) is 10.4. The van der Waals surface area contributed by atoms with Crippen molar-refractivity contribution in [1.29, 1.82) is 0 Å². The smallest absolute Gasteiger partial charge is 0.126 e. The van der Waals surface area contributed by atoms with Crippen molar-refractivity contribution in [2.45, 2.75) is 58.5 Å². The molecule has 0 saturated heterocycles. The van der Waals surface area contributed by atoms with Crippen LogP contribution >= 0.6 is 0 Å². The molecule has 0 bridgehead atoms. The zero-order chi connectivity index (χ0) is 11.6. The van der Waals surface area contributed by atoms with E-state index in [9.17, 15) is 0 Å². The van der Waals surface area contributed by atoms with Gasteiger partial charge in [-0.2, -0.15) is 0 Å². The van der Waals surface area contributed by atoms with Crippen molar-refractivity contribution in [1.82, 2.24) is 9.55 Å². The van der Waals surface area contributed by atoms with Gasteiger partial charge in [0.1, 0.15) is 5.82 Å². The van der Waals surface area contributed by atoms with Crippen molar-refractivity contribution >= 4 is 0 Å². The van der Waals surface area contributed by atoms with Gasteiger partial charge in [-0.25, -0.2) is 4.98 Å². The highest BCUT2D eigenvalue weighted by molar-refractivity contribution is 5.05. The van der Waals surface area contributed by atoms with Gasteiger partial charge in [-0.1, -0.05) is 26.7 Å². The van der Waals surface area contributed by atoms with E-state index in [-0.39, 0.29) is 11.5 Å². The van der Waals surface area contributed by atoms with Gasteiger partial charge >= 0.3 is 0 Å². The van der Waals surface area contributed by atoms with Crippen LogP contribution in [0.3, 0.4) is 0 Å². The average Bonchev–Trinajstić information content (AvgIpc) is 2.88. The van der Waals surface area contributed by atoms with E-state index in [0.717, 1.165) is 18.8 Å². The van der Waals surface area contributed by atoms with Crippen LogP contribution in [-0.2, 0) is 6.54 Å². The Morgan fingerprint density at radius 3 is 2.81 bits per heavy atom. The third kappa shape index (κ3) is 2.01. The number of imidazole rings is 1. The maximum Gasteiger partial charge on any atom is 0.126 e.